The van der Waals surface area contributed by atoms with E-state index in [1.807, 2.05) is 0 Å². The van der Waals surface area contributed by atoms with E-state index in [1.54, 1.807) is 0 Å². The van der Waals surface area contributed by atoms with Gasteiger partial charge in [-0.15, -0.1) is 0 Å². The minimum Gasteiger partial charge on any atom is -0.0590 e. The topological polar surface area (TPSA) is 0 Å². The first-order chi connectivity index (χ1) is 21.8. The summed E-state index contributed by atoms with van der Waals surface area (Å²) in [5.41, 5.74) is 17.1. The Bertz CT molecular complexity index is 1590. The first kappa shape index (κ1) is 35.0. The molecule has 0 radical (unpaired) electrons. The predicted octanol–water partition coefficient (Wildman–Crippen LogP) is 13.0. The predicted molar refractivity (Wildman–Crippen MR) is 202 cm³/mol. The molecule has 0 aromatic heterocycles. The minimum atomic E-state index is 0.247. The second-order valence-electron chi connectivity index (χ2n) is 14.7. The van der Waals surface area contributed by atoms with Gasteiger partial charge in [0.25, 0.3) is 0 Å². The lowest BCUT2D eigenvalue weighted by atomic mass is 9.72. The van der Waals surface area contributed by atoms with Crippen molar-refractivity contribution in [1.82, 2.24) is 0 Å². The Morgan fingerprint density at radius 3 is 1.09 bits per heavy atom. The number of hydrogen-bond donors (Lipinski definition) is 0. The number of benzene rings is 5. The van der Waals surface area contributed by atoms with Gasteiger partial charge in [0.05, 0.1) is 0 Å². The van der Waals surface area contributed by atoms with Gasteiger partial charge in [-0.3, -0.25) is 0 Å². The molecule has 0 unspecified atom stereocenters. The zero-order chi connectivity index (χ0) is 33.5. The summed E-state index contributed by atoms with van der Waals surface area (Å²) in [4.78, 5) is 0. The lowest BCUT2D eigenvalue weighted by Crippen LogP contribution is -2.24. The van der Waals surface area contributed by atoms with Crippen molar-refractivity contribution in [3.8, 4) is 11.1 Å². The second kappa shape index (κ2) is 15.1. The van der Waals surface area contributed by atoms with Gasteiger partial charge >= 0.3 is 0 Å². The zero-order valence-electron chi connectivity index (χ0n) is 30.2. The van der Waals surface area contributed by atoms with Gasteiger partial charge in [0.15, 0.2) is 0 Å². The Hall–Kier alpha value is -3.90. The van der Waals surface area contributed by atoms with E-state index in [-0.39, 0.29) is 10.8 Å². The molecular weight excluding hydrogens is 553 g/mol. The van der Waals surface area contributed by atoms with Gasteiger partial charge in [-0.1, -0.05) is 159 Å². The Balaban J connectivity index is 0.000000167. The molecule has 0 N–H and O–H groups in total. The molecule has 0 aliphatic heterocycles. The summed E-state index contributed by atoms with van der Waals surface area (Å²) in [7, 11) is 0. The van der Waals surface area contributed by atoms with Crippen LogP contribution in [0.2, 0.25) is 0 Å². The summed E-state index contributed by atoms with van der Waals surface area (Å²) in [6.07, 6.45) is 5.27. The minimum absolute atomic E-state index is 0.247. The average molecular weight is 609 g/mol. The third-order valence-electron chi connectivity index (χ3n) is 9.93. The Morgan fingerprint density at radius 1 is 0.413 bits per heavy atom. The summed E-state index contributed by atoms with van der Waals surface area (Å²) in [6.45, 7) is 21.9. The highest BCUT2D eigenvalue weighted by molar-refractivity contribution is 5.63. The molecule has 0 atom stereocenters. The van der Waals surface area contributed by atoms with Crippen LogP contribution in [0.15, 0.2) is 109 Å². The van der Waals surface area contributed by atoms with Crippen molar-refractivity contribution in [1.29, 1.82) is 0 Å². The van der Waals surface area contributed by atoms with Crippen molar-refractivity contribution >= 4 is 0 Å². The largest absolute Gasteiger partial charge is 0.0590 e. The highest BCUT2D eigenvalue weighted by atomic mass is 14.4. The molecule has 0 saturated heterocycles. The number of aryl methyl sites for hydroxylation is 7. The van der Waals surface area contributed by atoms with E-state index in [4.69, 9.17) is 0 Å². The van der Waals surface area contributed by atoms with E-state index in [1.165, 1.54) is 92.4 Å². The van der Waals surface area contributed by atoms with Crippen LogP contribution in [0.25, 0.3) is 11.1 Å². The van der Waals surface area contributed by atoms with E-state index in [9.17, 15) is 0 Å². The average Bonchev–Trinajstić information content (AvgIpc) is 3.53. The molecule has 5 aromatic carbocycles. The van der Waals surface area contributed by atoms with Gasteiger partial charge in [0.1, 0.15) is 0 Å². The summed E-state index contributed by atoms with van der Waals surface area (Å²) < 4.78 is 0. The van der Waals surface area contributed by atoms with E-state index in [2.05, 4.69) is 178 Å². The first-order valence-corrected chi connectivity index (χ1v) is 17.1. The molecule has 240 valence electrons. The lowest BCUT2D eigenvalue weighted by molar-refractivity contribution is 0.534. The fraction of sp³-hybridized carbons (Fsp3) is 0.348. The van der Waals surface area contributed by atoms with Crippen LogP contribution in [-0.4, -0.2) is 0 Å². The molecular formula is C46H56. The standard InChI is InChI=1S/C21H26.C14H14.C11H16/c1-15-7-9-19(13-17(15)3)21(11-5-6-12-21)20-10-8-16(2)18(4)14-20;1-11-3-7-13(8-4-11)14-9-5-12(2)6-10-14;1-9-5-7-10(8-6-9)11(2,3)4/h7-10,13-14H,5-6,11-12H2,1-4H3;3-10H,1-2H3;5-8H,1-4H3. The molecule has 46 heavy (non-hydrogen) atoms. The molecule has 1 saturated carbocycles. The van der Waals surface area contributed by atoms with E-state index >= 15 is 0 Å². The molecule has 6 rings (SSSR count). The van der Waals surface area contributed by atoms with Gasteiger partial charge in [0.2, 0.25) is 0 Å². The van der Waals surface area contributed by atoms with Gasteiger partial charge in [-0.25, -0.2) is 0 Å². The van der Waals surface area contributed by atoms with Crippen molar-refractivity contribution in [3.63, 3.8) is 0 Å². The Morgan fingerprint density at radius 2 is 0.761 bits per heavy atom. The third-order valence-corrected chi connectivity index (χ3v) is 9.93. The van der Waals surface area contributed by atoms with Crippen LogP contribution < -0.4 is 0 Å². The molecule has 0 heterocycles. The van der Waals surface area contributed by atoms with Gasteiger partial charge in [0, 0.05) is 5.41 Å². The van der Waals surface area contributed by atoms with E-state index < -0.39 is 0 Å². The van der Waals surface area contributed by atoms with Crippen LogP contribution in [0, 0.1) is 48.5 Å². The van der Waals surface area contributed by atoms with Crippen LogP contribution in [0.5, 0.6) is 0 Å². The maximum absolute atomic E-state index is 2.43. The lowest BCUT2D eigenvalue weighted by Gasteiger charge is -2.31. The normalized spacial score (nSPS) is 13.7. The molecule has 0 spiro atoms. The summed E-state index contributed by atoms with van der Waals surface area (Å²) in [5.74, 6) is 0. The first-order valence-electron chi connectivity index (χ1n) is 17.1. The van der Waals surface area contributed by atoms with Gasteiger partial charge in [-0.2, -0.15) is 0 Å². The Kier molecular flexibility index (Phi) is 11.5. The summed E-state index contributed by atoms with van der Waals surface area (Å²) in [6, 6.07) is 40.2. The molecule has 1 aliphatic rings. The van der Waals surface area contributed by atoms with Crippen LogP contribution >= 0.6 is 0 Å². The van der Waals surface area contributed by atoms with E-state index in [0.717, 1.165) is 0 Å². The van der Waals surface area contributed by atoms with Crippen molar-refractivity contribution in [2.24, 2.45) is 0 Å². The summed E-state index contributed by atoms with van der Waals surface area (Å²) >= 11 is 0. The SMILES string of the molecule is Cc1ccc(-c2ccc(C)cc2)cc1.Cc1ccc(C(C)(C)C)cc1.Cc1ccc(C2(c3ccc(C)c(C)c3)CCCC2)cc1C. The van der Waals surface area contributed by atoms with Crippen molar-refractivity contribution in [2.75, 3.05) is 0 Å². The molecule has 1 aliphatic carbocycles. The van der Waals surface area contributed by atoms with Crippen LogP contribution in [0.4, 0.5) is 0 Å². The third kappa shape index (κ3) is 8.88. The van der Waals surface area contributed by atoms with Crippen LogP contribution in [-0.2, 0) is 10.8 Å². The van der Waals surface area contributed by atoms with Gasteiger partial charge in [-0.05, 0) is 117 Å². The Labute approximate surface area is 281 Å². The molecule has 0 bridgehead atoms. The molecule has 0 heteroatoms. The molecule has 0 nitrogen and oxygen atoms in total. The summed E-state index contributed by atoms with van der Waals surface area (Å²) in [5, 5.41) is 0. The van der Waals surface area contributed by atoms with Crippen LogP contribution in [0.1, 0.15) is 102 Å². The van der Waals surface area contributed by atoms with Crippen molar-refractivity contribution < 1.29 is 0 Å². The fourth-order valence-corrected chi connectivity index (χ4v) is 6.35. The van der Waals surface area contributed by atoms with Gasteiger partial charge < -0.3 is 0 Å². The fourth-order valence-electron chi connectivity index (χ4n) is 6.35. The smallest absolute Gasteiger partial charge is 0.0203 e. The zero-order valence-corrected chi connectivity index (χ0v) is 30.2. The molecule has 5 aromatic rings. The number of hydrogen-bond acceptors (Lipinski definition) is 0. The van der Waals surface area contributed by atoms with E-state index in [0.29, 0.717) is 0 Å². The van der Waals surface area contributed by atoms with Crippen molar-refractivity contribution in [3.05, 3.63) is 165 Å². The monoisotopic (exact) mass is 608 g/mol. The molecule has 0 amide bonds. The highest BCUT2D eigenvalue weighted by Crippen LogP contribution is 2.47. The van der Waals surface area contributed by atoms with Crippen LogP contribution in [0.3, 0.4) is 0 Å². The van der Waals surface area contributed by atoms with Crippen molar-refractivity contribution in [2.45, 2.75) is 106 Å². The molecule has 1 fully saturated rings. The second-order valence-corrected chi connectivity index (χ2v) is 14.7. The highest BCUT2D eigenvalue weighted by Gasteiger charge is 2.37. The maximum atomic E-state index is 2.43. The quantitative estimate of drug-likeness (QED) is 0.191. The maximum Gasteiger partial charge on any atom is 0.0203 e. The number of rotatable bonds is 3.